The number of benzene rings is 1. The van der Waals surface area contributed by atoms with Gasteiger partial charge in [0.1, 0.15) is 11.4 Å². The van der Waals surface area contributed by atoms with E-state index in [1.54, 1.807) is 20.8 Å². The molecule has 28 heavy (non-hydrogen) atoms. The molecule has 0 aromatic heterocycles. The van der Waals surface area contributed by atoms with Crippen LogP contribution in [-0.4, -0.2) is 60.5 Å². The standard InChI is InChI=1S/C20H25F3N2O3/c1-12-9-13(17(26)24(5)6)10-15(21)16(12)14-7-8-25(11-20(14,22)23)18(27)28-19(2,3)4/h7,9-10H,8,11H2,1-6H3. The van der Waals surface area contributed by atoms with E-state index in [0.717, 1.165) is 17.0 Å². The van der Waals surface area contributed by atoms with Gasteiger partial charge < -0.3 is 9.64 Å². The first-order valence-corrected chi connectivity index (χ1v) is 8.81. The second-order valence-corrected chi connectivity index (χ2v) is 8.03. The van der Waals surface area contributed by atoms with Crippen molar-refractivity contribution >= 4 is 17.6 Å². The van der Waals surface area contributed by atoms with E-state index in [9.17, 15) is 22.8 Å². The van der Waals surface area contributed by atoms with Crippen molar-refractivity contribution in [1.29, 1.82) is 0 Å². The Kier molecular flexibility index (Phi) is 5.82. The van der Waals surface area contributed by atoms with E-state index in [1.807, 2.05) is 0 Å². The Bertz CT molecular complexity index is 803. The van der Waals surface area contributed by atoms with Crippen LogP contribution in [0, 0.1) is 12.7 Å². The van der Waals surface area contributed by atoms with E-state index in [0.29, 0.717) is 0 Å². The van der Waals surface area contributed by atoms with E-state index in [2.05, 4.69) is 0 Å². The summed E-state index contributed by atoms with van der Waals surface area (Å²) < 4.78 is 49.4. The zero-order valence-corrected chi connectivity index (χ0v) is 16.9. The Balaban J connectivity index is 2.38. The second-order valence-electron chi connectivity index (χ2n) is 8.03. The highest BCUT2D eigenvalue weighted by Crippen LogP contribution is 2.39. The topological polar surface area (TPSA) is 49.9 Å². The molecule has 0 fully saturated rings. The average Bonchev–Trinajstić information content (AvgIpc) is 2.52. The molecule has 0 N–H and O–H groups in total. The highest BCUT2D eigenvalue weighted by atomic mass is 19.3. The zero-order chi connectivity index (χ0) is 21.4. The smallest absolute Gasteiger partial charge is 0.410 e. The first kappa shape index (κ1) is 21.8. The van der Waals surface area contributed by atoms with Gasteiger partial charge >= 0.3 is 6.09 Å². The molecular weight excluding hydrogens is 373 g/mol. The number of carbonyl (C=O) groups excluding carboxylic acids is 2. The summed E-state index contributed by atoms with van der Waals surface area (Å²) in [7, 11) is 3.04. The van der Waals surface area contributed by atoms with Gasteiger partial charge in [-0.3, -0.25) is 9.69 Å². The molecule has 1 heterocycles. The van der Waals surface area contributed by atoms with Crippen molar-refractivity contribution in [1.82, 2.24) is 9.80 Å². The molecule has 1 aliphatic rings. The molecule has 2 rings (SSSR count). The molecule has 0 radical (unpaired) electrons. The average molecular weight is 398 g/mol. The van der Waals surface area contributed by atoms with E-state index in [1.165, 1.54) is 32.0 Å². The fourth-order valence-electron chi connectivity index (χ4n) is 2.96. The third kappa shape index (κ3) is 4.66. The van der Waals surface area contributed by atoms with Crippen molar-refractivity contribution in [3.63, 3.8) is 0 Å². The fraction of sp³-hybridized carbons (Fsp3) is 0.500. The number of halogens is 3. The maximum absolute atomic E-state index is 14.8. The van der Waals surface area contributed by atoms with Crippen molar-refractivity contribution in [3.8, 4) is 0 Å². The number of carbonyl (C=O) groups is 2. The van der Waals surface area contributed by atoms with Gasteiger partial charge in [-0.05, 0) is 45.4 Å². The van der Waals surface area contributed by atoms with Gasteiger partial charge in [-0.25, -0.2) is 9.18 Å². The summed E-state index contributed by atoms with van der Waals surface area (Å²) in [5.41, 5.74) is -1.25. The molecule has 0 saturated carbocycles. The zero-order valence-electron chi connectivity index (χ0n) is 16.9. The molecule has 1 aliphatic heterocycles. The summed E-state index contributed by atoms with van der Waals surface area (Å²) in [6.45, 7) is 5.36. The number of hydrogen-bond donors (Lipinski definition) is 0. The Morgan fingerprint density at radius 1 is 1.21 bits per heavy atom. The van der Waals surface area contributed by atoms with Gasteiger partial charge in [0.2, 0.25) is 0 Å². The lowest BCUT2D eigenvalue weighted by molar-refractivity contribution is -0.0106. The third-order valence-electron chi connectivity index (χ3n) is 4.16. The lowest BCUT2D eigenvalue weighted by Crippen LogP contribution is -2.47. The van der Waals surface area contributed by atoms with Gasteiger partial charge in [-0.15, -0.1) is 0 Å². The van der Waals surface area contributed by atoms with Gasteiger partial charge in [0.05, 0.1) is 6.54 Å². The molecule has 8 heteroatoms. The van der Waals surface area contributed by atoms with Gasteiger partial charge in [0, 0.05) is 37.3 Å². The summed E-state index contributed by atoms with van der Waals surface area (Å²) >= 11 is 0. The van der Waals surface area contributed by atoms with Crippen molar-refractivity contribution in [2.75, 3.05) is 27.2 Å². The van der Waals surface area contributed by atoms with Crippen LogP contribution in [0.1, 0.15) is 42.3 Å². The first-order chi connectivity index (χ1) is 12.7. The maximum atomic E-state index is 14.8. The first-order valence-electron chi connectivity index (χ1n) is 8.81. The summed E-state index contributed by atoms with van der Waals surface area (Å²) in [4.78, 5) is 26.3. The molecule has 0 atom stereocenters. The highest BCUT2D eigenvalue weighted by Gasteiger charge is 2.43. The minimum atomic E-state index is -3.46. The van der Waals surface area contributed by atoms with E-state index in [4.69, 9.17) is 4.74 Å². The van der Waals surface area contributed by atoms with E-state index >= 15 is 0 Å². The predicted octanol–water partition coefficient (Wildman–Crippen LogP) is 4.11. The van der Waals surface area contributed by atoms with E-state index in [-0.39, 0.29) is 23.2 Å². The third-order valence-corrected chi connectivity index (χ3v) is 4.16. The van der Waals surface area contributed by atoms with Gasteiger partial charge in [-0.2, -0.15) is 8.78 Å². The predicted molar refractivity (Wildman–Crippen MR) is 99.9 cm³/mol. The van der Waals surface area contributed by atoms with Crippen LogP contribution in [0.4, 0.5) is 18.0 Å². The number of ether oxygens (including phenoxy) is 1. The molecule has 0 saturated heterocycles. The monoisotopic (exact) mass is 398 g/mol. The number of hydrogen-bond acceptors (Lipinski definition) is 3. The molecule has 2 amide bonds. The fourth-order valence-corrected chi connectivity index (χ4v) is 2.96. The Morgan fingerprint density at radius 3 is 2.29 bits per heavy atom. The van der Waals surface area contributed by atoms with Crippen molar-refractivity contribution in [2.45, 2.75) is 39.2 Å². The van der Waals surface area contributed by atoms with Crippen LogP contribution in [0.2, 0.25) is 0 Å². The number of aryl methyl sites for hydroxylation is 1. The van der Waals surface area contributed by atoms with Gasteiger partial charge in [0.15, 0.2) is 0 Å². The summed E-state index contributed by atoms with van der Waals surface area (Å²) in [5, 5.41) is 0. The Labute approximate surface area is 162 Å². The molecule has 0 unspecified atom stereocenters. The normalized spacial score (nSPS) is 16.5. The largest absolute Gasteiger partial charge is 0.444 e. The lowest BCUT2D eigenvalue weighted by Gasteiger charge is -2.34. The number of alkyl halides is 2. The van der Waals surface area contributed by atoms with Crippen LogP contribution in [0.5, 0.6) is 0 Å². The summed E-state index contributed by atoms with van der Waals surface area (Å²) in [6, 6.07) is 2.35. The molecular formula is C20H25F3N2O3. The molecule has 0 aliphatic carbocycles. The number of amides is 2. The van der Waals surface area contributed by atoms with Crippen LogP contribution in [0.25, 0.3) is 5.57 Å². The van der Waals surface area contributed by atoms with Crippen molar-refractivity contribution < 1.29 is 27.5 Å². The minimum Gasteiger partial charge on any atom is -0.444 e. The van der Waals surface area contributed by atoms with Crippen LogP contribution < -0.4 is 0 Å². The Morgan fingerprint density at radius 2 is 1.82 bits per heavy atom. The molecule has 1 aromatic carbocycles. The Hall–Kier alpha value is -2.51. The van der Waals surface area contributed by atoms with E-state index < -0.39 is 41.5 Å². The van der Waals surface area contributed by atoms with Crippen LogP contribution in [0.3, 0.4) is 0 Å². The molecule has 5 nitrogen and oxygen atoms in total. The van der Waals surface area contributed by atoms with Crippen LogP contribution in [-0.2, 0) is 4.74 Å². The van der Waals surface area contributed by atoms with Crippen molar-refractivity contribution in [3.05, 3.63) is 40.7 Å². The quantitative estimate of drug-likeness (QED) is 0.754. The van der Waals surface area contributed by atoms with Crippen LogP contribution in [0.15, 0.2) is 18.2 Å². The SMILES string of the molecule is Cc1cc(C(=O)N(C)C)cc(F)c1C1=CCN(C(=O)OC(C)(C)C)CC1(F)F. The molecule has 154 valence electrons. The maximum Gasteiger partial charge on any atom is 0.410 e. The molecule has 1 aromatic rings. The summed E-state index contributed by atoms with van der Waals surface area (Å²) in [5.74, 6) is -4.79. The molecule has 0 bridgehead atoms. The van der Waals surface area contributed by atoms with Gasteiger partial charge in [-0.1, -0.05) is 6.08 Å². The summed E-state index contributed by atoms with van der Waals surface area (Å²) in [6.07, 6.45) is 0.276. The lowest BCUT2D eigenvalue weighted by atomic mass is 9.91. The van der Waals surface area contributed by atoms with Crippen LogP contribution >= 0.6 is 0 Å². The van der Waals surface area contributed by atoms with Gasteiger partial charge in [0.25, 0.3) is 11.8 Å². The van der Waals surface area contributed by atoms with Crippen molar-refractivity contribution in [2.24, 2.45) is 0 Å². The molecule has 0 spiro atoms. The number of rotatable bonds is 2. The number of nitrogens with zero attached hydrogens (tertiary/aromatic N) is 2. The second kappa shape index (κ2) is 7.48. The minimum absolute atomic E-state index is 0.0823. The highest BCUT2D eigenvalue weighted by molar-refractivity contribution is 5.95.